The van der Waals surface area contributed by atoms with Gasteiger partial charge >= 0.3 is 5.97 Å². The topological polar surface area (TPSA) is 65.0 Å². The molecule has 1 aliphatic heterocycles. The first-order valence-electron chi connectivity index (χ1n) is 5.07. The van der Waals surface area contributed by atoms with Crippen LogP contribution in [0, 0.1) is 0 Å². The van der Waals surface area contributed by atoms with E-state index in [9.17, 15) is 9.90 Å². The summed E-state index contributed by atoms with van der Waals surface area (Å²) in [5, 5.41) is 10.1. The number of benzene rings is 1. The van der Waals surface area contributed by atoms with Crippen molar-refractivity contribution in [3.63, 3.8) is 0 Å². The number of carbonyl (C=O) groups excluding carboxylic acids is 1. The molecule has 0 aliphatic carbocycles. The molecule has 1 N–H and O–H groups in total. The molecule has 1 unspecified atom stereocenters. The number of esters is 1. The number of carbonyl (C=O) groups is 1. The molecule has 92 valence electrons. The molecule has 0 fully saturated rings. The minimum atomic E-state index is -1.47. The van der Waals surface area contributed by atoms with Gasteiger partial charge in [-0.3, -0.25) is 0 Å². The van der Waals surface area contributed by atoms with Crippen LogP contribution in [0.3, 0.4) is 0 Å². The number of hydrogen-bond donors (Lipinski definition) is 1. The number of halogens is 1. The summed E-state index contributed by atoms with van der Waals surface area (Å²) >= 11 is 5.94. The summed E-state index contributed by atoms with van der Waals surface area (Å²) < 4.78 is 15.1. The Balaban J connectivity index is 2.38. The molecule has 0 saturated carbocycles. The lowest BCUT2D eigenvalue weighted by Gasteiger charge is -2.13. The Labute approximate surface area is 103 Å². The van der Waals surface area contributed by atoms with Crippen LogP contribution in [0.15, 0.2) is 12.1 Å². The first-order valence-corrected chi connectivity index (χ1v) is 5.45. The molecule has 2 rings (SSSR count). The van der Waals surface area contributed by atoms with E-state index >= 15 is 0 Å². The number of hydrogen-bond acceptors (Lipinski definition) is 5. The average molecular weight is 259 g/mol. The van der Waals surface area contributed by atoms with E-state index in [0.29, 0.717) is 5.75 Å². The van der Waals surface area contributed by atoms with Crippen molar-refractivity contribution in [1.29, 1.82) is 0 Å². The smallest absolute Gasteiger partial charge is 0.339 e. The molecule has 1 aromatic rings. The van der Waals surface area contributed by atoms with E-state index in [1.807, 2.05) is 0 Å². The molecule has 0 saturated heterocycles. The van der Waals surface area contributed by atoms with Gasteiger partial charge in [0.1, 0.15) is 0 Å². The summed E-state index contributed by atoms with van der Waals surface area (Å²) in [4.78, 5) is 11.5. The number of fused-ring (bicyclic) bond motifs is 1. The zero-order chi connectivity index (χ0) is 12.4. The van der Waals surface area contributed by atoms with Crippen LogP contribution in [0.5, 0.6) is 11.5 Å². The van der Waals surface area contributed by atoms with Crippen LogP contribution in [0.4, 0.5) is 0 Å². The number of rotatable bonds is 3. The first kappa shape index (κ1) is 12.0. The zero-order valence-electron chi connectivity index (χ0n) is 9.10. The van der Waals surface area contributed by atoms with Crippen molar-refractivity contribution in [2.75, 3.05) is 13.4 Å². The van der Waals surface area contributed by atoms with Gasteiger partial charge in [-0.15, -0.1) is 0 Å². The first-order chi connectivity index (χ1) is 8.15. The minimum absolute atomic E-state index is 0.0399. The van der Waals surface area contributed by atoms with E-state index in [4.69, 9.17) is 25.8 Å². The Morgan fingerprint density at radius 1 is 1.59 bits per heavy atom. The van der Waals surface area contributed by atoms with Gasteiger partial charge < -0.3 is 19.3 Å². The largest absolute Gasteiger partial charge is 0.464 e. The second-order valence-corrected chi connectivity index (χ2v) is 3.76. The van der Waals surface area contributed by atoms with Gasteiger partial charge in [-0.2, -0.15) is 0 Å². The lowest BCUT2D eigenvalue weighted by Crippen LogP contribution is -2.16. The van der Waals surface area contributed by atoms with Crippen molar-refractivity contribution < 1.29 is 24.1 Å². The third kappa shape index (κ3) is 2.16. The predicted octanol–water partition coefficient (Wildman–Crippen LogP) is 1.67. The fourth-order valence-electron chi connectivity index (χ4n) is 1.56. The van der Waals surface area contributed by atoms with Crippen LogP contribution < -0.4 is 9.47 Å². The molecule has 1 aromatic carbocycles. The van der Waals surface area contributed by atoms with Crippen molar-refractivity contribution in [2.24, 2.45) is 0 Å². The van der Waals surface area contributed by atoms with Gasteiger partial charge in [0.05, 0.1) is 17.2 Å². The van der Waals surface area contributed by atoms with Crippen molar-refractivity contribution in [3.05, 3.63) is 22.7 Å². The summed E-state index contributed by atoms with van der Waals surface area (Å²) in [7, 11) is 0. The lowest BCUT2D eigenvalue weighted by molar-refractivity contribution is -0.153. The van der Waals surface area contributed by atoms with Gasteiger partial charge in [0, 0.05) is 0 Å². The Morgan fingerprint density at radius 3 is 3.06 bits per heavy atom. The van der Waals surface area contributed by atoms with Crippen molar-refractivity contribution in [3.8, 4) is 11.5 Å². The minimum Gasteiger partial charge on any atom is -0.464 e. The molecular formula is C11H11ClO5. The van der Waals surface area contributed by atoms with Gasteiger partial charge in [0.25, 0.3) is 0 Å². The molecule has 0 bridgehead atoms. The van der Waals surface area contributed by atoms with E-state index in [2.05, 4.69) is 0 Å². The maximum atomic E-state index is 11.5. The van der Waals surface area contributed by atoms with Gasteiger partial charge in [-0.1, -0.05) is 11.6 Å². The maximum Gasteiger partial charge on any atom is 0.339 e. The normalized spacial score (nSPS) is 14.5. The number of ether oxygens (including phenoxy) is 3. The van der Waals surface area contributed by atoms with Crippen LogP contribution in [0.25, 0.3) is 0 Å². The molecule has 1 atom stereocenters. The average Bonchev–Trinajstić information content (AvgIpc) is 2.76. The molecule has 6 heteroatoms. The Bertz CT molecular complexity index is 446. The maximum absolute atomic E-state index is 11.5. The second-order valence-electron chi connectivity index (χ2n) is 3.35. The van der Waals surface area contributed by atoms with Gasteiger partial charge in [0.15, 0.2) is 17.6 Å². The Kier molecular flexibility index (Phi) is 3.40. The molecule has 0 amide bonds. The molecule has 1 heterocycles. The molecule has 17 heavy (non-hydrogen) atoms. The molecule has 5 nitrogen and oxygen atoms in total. The number of aliphatic hydroxyl groups excluding tert-OH is 1. The van der Waals surface area contributed by atoms with Crippen LogP contribution in [-0.2, 0) is 9.53 Å². The van der Waals surface area contributed by atoms with Gasteiger partial charge in [-0.25, -0.2) is 4.79 Å². The van der Waals surface area contributed by atoms with E-state index < -0.39 is 12.1 Å². The molecular weight excluding hydrogens is 248 g/mol. The molecule has 1 aliphatic rings. The SMILES string of the molecule is CCOC(=O)C(O)c1c(Cl)ccc2c1OCO2. The fourth-order valence-corrected chi connectivity index (χ4v) is 1.82. The standard InChI is InChI=1S/C11H11ClO5/c1-2-15-11(14)9(13)8-6(12)3-4-7-10(8)17-5-16-7/h3-4,9,13H,2,5H2,1H3. The summed E-state index contributed by atoms with van der Waals surface area (Å²) in [6.45, 7) is 1.87. The molecule has 0 spiro atoms. The summed E-state index contributed by atoms with van der Waals surface area (Å²) in [6, 6.07) is 3.15. The fraction of sp³-hybridized carbons (Fsp3) is 0.364. The Morgan fingerprint density at radius 2 is 2.35 bits per heavy atom. The molecule has 0 aromatic heterocycles. The zero-order valence-corrected chi connectivity index (χ0v) is 9.86. The second kappa shape index (κ2) is 4.81. The van der Waals surface area contributed by atoms with E-state index in [1.165, 1.54) is 6.07 Å². The van der Waals surface area contributed by atoms with E-state index in [1.54, 1.807) is 13.0 Å². The van der Waals surface area contributed by atoms with Crippen LogP contribution in [0.1, 0.15) is 18.6 Å². The van der Waals surface area contributed by atoms with Crippen molar-refractivity contribution in [1.82, 2.24) is 0 Å². The van der Waals surface area contributed by atoms with E-state index in [-0.39, 0.29) is 29.7 Å². The van der Waals surface area contributed by atoms with Crippen LogP contribution >= 0.6 is 11.6 Å². The summed E-state index contributed by atoms with van der Waals surface area (Å²) in [6.07, 6.45) is -1.47. The Hall–Kier alpha value is -1.46. The predicted molar refractivity (Wildman–Crippen MR) is 59.2 cm³/mol. The number of aliphatic hydroxyl groups is 1. The lowest BCUT2D eigenvalue weighted by atomic mass is 10.1. The van der Waals surface area contributed by atoms with E-state index in [0.717, 1.165) is 0 Å². The third-order valence-corrected chi connectivity index (χ3v) is 2.64. The summed E-state index contributed by atoms with van der Waals surface area (Å²) in [5.41, 5.74) is 0.181. The van der Waals surface area contributed by atoms with Crippen LogP contribution in [-0.4, -0.2) is 24.5 Å². The van der Waals surface area contributed by atoms with Crippen molar-refractivity contribution in [2.45, 2.75) is 13.0 Å². The molecule has 0 radical (unpaired) electrons. The van der Waals surface area contributed by atoms with Gasteiger partial charge in [-0.05, 0) is 19.1 Å². The quantitative estimate of drug-likeness (QED) is 0.836. The highest BCUT2D eigenvalue weighted by atomic mass is 35.5. The van der Waals surface area contributed by atoms with Crippen LogP contribution in [0.2, 0.25) is 5.02 Å². The highest BCUT2D eigenvalue weighted by Gasteiger charge is 2.30. The highest BCUT2D eigenvalue weighted by Crippen LogP contribution is 2.42. The monoisotopic (exact) mass is 258 g/mol. The third-order valence-electron chi connectivity index (χ3n) is 2.31. The van der Waals surface area contributed by atoms with Crippen molar-refractivity contribution >= 4 is 17.6 Å². The van der Waals surface area contributed by atoms with Gasteiger partial charge in [0.2, 0.25) is 6.79 Å². The summed E-state index contributed by atoms with van der Waals surface area (Å²) in [5.74, 6) is -0.0240. The highest BCUT2D eigenvalue weighted by molar-refractivity contribution is 6.32.